The smallest absolute Gasteiger partial charge is 0.338 e. The second-order valence-corrected chi connectivity index (χ2v) is 8.22. The number of halogens is 2. The molecule has 148 valence electrons. The lowest BCUT2D eigenvalue weighted by molar-refractivity contribution is 0.0109. The highest BCUT2D eigenvalue weighted by molar-refractivity contribution is 5.89. The van der Waals surface area contributed by atoms with Crippen molar-refractivity contribution in [3.8, 4) is 0 Å². The molecule has 0 aliphatic heterocycles. The molecule has 0 atom stereocenters. The molecule has 0 amide bonds. The Bertz CT molecular complexity index is 642. The molecule has 2 nitrogen and oxygen atoms in total. The zero-order chi connectivity index (χ0) is 19.2. The van der Waals surface area contributed by atoms with Gasteiger partial charge in [-0.3, -0.25) is 0 Å². The van der Waals surface area contributed by atoms with E-state index in [4.69, 9.17) is 4.74 Å². The molecular formula is C23H30F2O2. The Hall–Kier alpha value is -1.71. The third-order valence-corrected chi connectivity index (χ3v) is 6.48. The summed E-state index contributed by atoms with van der Waals surface area (Å²) in [5.74, 6) is -0.104. The monoisotopic (exact) mass is 376 g/mol. The van der Waals surface area contributed by atoms with Crippen molar-refractivity contribution in [1.82, 2.24) is 0 Å². The fourth-order valence-corrected chi connectivity index (χ4v) is 4.82. The number of hydrogen-bond donors (Lipinski definition) is 0. The van der Waals surface area contributed by atoms with Crippen LogP contribution < -0.4 is 0 Å². The number of hydrogen-bond acceptors (Lipinski definition) is 2. The van der Waals surface area contributed by atoms with E-state index >= 15 is 0 Å². The largest absolute Gasteiger partial charge is 0.459 e. The molecule has 1 aromatic carbocycles. The highest BCUT2D eigenvalue weighted by Crippen LogP contribution is 2.41. The Morgan fingerprint density at radius 1 is 1.00 bits per heavy atom. The summed E-state index contributed by atoms with van der Waals surface area (Å²) in [7, 11) is 0. The van der Waals surface area contributed by atoms with E-state index in [0.717, 1.165) is 62.0 Å². The molecule has 27 heavy (non-hydrogen) atoms. The molecule has 0 unspecified atom stereocenters. The summed E-state index contributed by atoms with van der Waals surface area (Å²) in [5.41, 5.74) is 0.0777. The van der Waals surface area contributed by atoms with Crippen LogP contribution in [-0.4, -0.2) is 12.1 Å². The predicted molar refractivity (Wildman–Crippen MR) is 102 cm³/mol. The summed E-state index contributed by atoms with van der Waals surface area (Å²) in [4.78, 5) is 12.2. The zero-order valence-corrected chi connectivity index (χ0v) is 16.0. The van der Waals surface area contributed by atoms with Crippen LogP contribution in [0.2, 0.25) is 0 Å². The summed E-state index contributed by atoms with van der Waals surface area (Å²) in [6.45, 7) is 3.82. The van der Waals surface area contributed by atoms with E-state index in [2.05, 4.69) is 6.58 Å². The lowest BCUT2D eigenvalue weighted by atomic mass is 9.70. The average molecular weight is 376 g/mol. The Morgan fingerprint density at radius 3 is 2.22 bits per heavy atom. The number of ether oxygens (including phenoxy) is 1. The van der Waals surface area contributed by atoms with Gasteiger partial charge in [0.15, 0.2) is 11.6 Å². The molecule has 2 fully saturated rings. The van der Waals surface area contributed by atoms with E-state index in [1.54, 1.807) is 0 Å². The van der Waals surface area contributed by atoms with Crippen LogP contribution in [0.3, 0.4) is 0 Å². The minimum absolute atomic E-state index is 0.0777. The molecule has 0 bridgehead atoms. The van der Waals surface area contributed by atoms with Gasteiger partial charge in [0.05, 0.1) is 5.56 Å². The van der Waals surface area contributed by atoms with Crippen molar-refractivity contribution in [2.24, 2.45) is 17.8 Å². The average Bonchev–Trinajstić information content (AvgIpc) is 2.69. The number of rotatable bonds is 6. The van der Waals surface area contributed by atoms with E-state index in [0.29, 0.717) is 0 Å². The van der Waals surface area contributed by atoms with Gasteiger partial charge in [0.25, 0.3) is 0 Å². The van der Waals surface area contributed by atoms with Crippen LogP contribution in [0.1, 0.15) is 74.6 Å². The normalized spacial score (nSPS) is 28.5. The Morgan fingerprint density at radius 2 is 1.63 bits per heavy atom. The quantitative estimate of drug-likeness (QED) is 0.421. The van der Waals surface area contributed by atoms with Gasteiger partial charge in [0.2, 0.25) is 0 Å². The van der Waals surface area contributed by atoms with Crippen LogP contribution in [0.4, 0.5) is 8.78 Å². The molecule has 2 aliphatic rings. The molecule has 0 aromatic heterocycles. The highest BCUT2D eigenvalue weighted by atomic mass is 19.2. The van der Waals surface area contributed by atoms with Crippen molar-refractivity contribution in [1.29, 1.82) is 0 Å². The van der Waals surface area contributed by atoms with Crippen molar-refractivity contribution < 1.29 is 18.3 Å². The molecule has 4 heteroatoms. The fourth-order valence-electron chi connectivity index (χ4n) is 4.82. The van der Waals surface area contributed by atoms with E-state index in [-0.39, 0.29) is 11.7 Å². The zero-order valence-electron chi connectivity index (χ0n) is 16.0. The first-order valence-corrected chi connectivity index (χ1v) is 10.3. The third kappa shape index (κ3) is 5.40. The molecule has 2 aliphatic carbocycles. The van der Waals surface area contributed by atoms with Crippen molar-refractivity contribution in [2.75, 3.05) is 0 Å². The standard InChI is InChI=1S/C23H30F2O2/c1-2-3-4-16-5-7-17(8-6-16)18-9-12-20(13-10-18)27-23(26)19-11-14-21(24)22(25)15-19/h2,11,14-18,20H,1,3-10,12-13H2/t16-,17-,18-,20-. The van der Waals surface area contributed by atoms with Gasteiger partial charge >= 0.3 is 5.97 Å². The maximum Gasteiger partial charge on any atom is 0.338 e. The van der Waals surface area contributed by atoms with Crippen LogP contribution in [0, 0.1) is 29.4 Å². The minimum Gasteiger partial charge on any atom is -0.459 e. The second kappa shape index (κ2) is 9.48. The number of allylic oxidation sites excluding steroid dienone is 1. The van der Waals surface area contributed by atoms with Gasteiger partial charge in [0.1, 0.15) is 6.10 Å². The van der Waals surface area contributed by atoms with Crippen molar-refractivity contribution in [2.45, 2.75) is 70.3 Å². The number of carbonyl (C=O) groups is 1. The molecule has 0 saturated heterocycles. The van der Waals surface area contributed by atoms with Gasteiger partial charge in [0, 0.05) is 0 Å². The summed E-state index contributed by atoms with van der Waals surface area (Å²) >= 11 is 0. The van der Waals surface area contributed by atoms with Gasteiger partial charge in [-0.2, -0.15) is 0 Å². The van der Waals surface area contributed by atoms with Crippen molar-refractivity contribution in [3.63, 3.8) is 0 Å². The van der Waals surface area contributed by atoms with E-state index in [1.165, 1.54) is 38.2 Å². The van der Waals surface area contributed by atoms with Gasteiger partial charge in [-0.05, 0) is 87.3 Å². The van der Waals surface area contributed by atoms with Crippen LogP contribution in [-0.2, 0) is 4.74 Å². The predicted octanol–water partition coefficient (Wildman–Crippen LogP) is 6.45. The molecule has 0 spiro atoms. The van der Waals surface area contributed by atoms with Crippen LogP contribution in [0.25, 0.3) is 0 Å². The molecule has 1 aromatic rings. The van der Waals surface area contributed by atoms with Crippen LogP contribution >= 0.6 is 0 Å². The molecular weight excluding hydrogens is 346 g/mol. The Labute approximate surface area is 161 Å². The topological polar surface area (TPSA) is 26.3 Å². The van der Waals surface area contributed by atoms with E-state index < -0.39 is 17.6 Å². The SMILES string of the molecule is C=CCC[C@H]1CC[C@H]([C@H]2CC[C@H](OC(=O)c3ccc(F)c(F)c3)CC2)CC1. The Balaban J connectivity index is 1.42. The van der Waals surface area contributed by atoms with Gasteiger partial charge in [-0.1, -0.05) is 18.9 Å². The van der Waals surface area contributed by atoms with Gasteiger partial charge < -0.3 is 4.74 Å². The number of benzene rings is 1. The highest BCUT2D eigenvalue weighted by Gasteiger charge is 2.32. The maximum atomic E-state index is 13.3. The first-order chi connectivity index (χ1) is 13.1. The van der Waals surface area contributed by atoms with Crippen molar-refractivity contribution >= 4 is 5.97 Å². The summed E-state index contributed by atoms with van der Waals surface area (Å²) < 4.78 is 31.8. The van der Waals surface area contributed by atoms with Gasteiger partial charge in [-0.15, -0.1) is 6.58 Å². The molecule has 2 saturated carbocycles. The third-order valence-electron chi connectivity index (χ3n) is 6.48. The van der Waals surface area contributed by atoms with Gasteiger partial charge in [-0.25, -0.2) is 13.6 Å². The molecule has 0 radical (unpaired) electrons. The first-order valence-electron chi connectivity index (χ1n) is 10.3. The van der Waals surface area contributed by atoms with E-state index in [1.807, 2.05) is 6.08 Å². The van der Waals surface area contributed by atoms with E-state index in [9.17, 15) is 13.6 Å². The number of esters is 1. The molecule has 0 N–H and O–H groups in total. The molecule has 3 rings (SSSR count). The first kappa shape index (κ1) is 20.0. The summed E-state index contributed by atoms with van der Waals surface area (Å²) in [6.07, 6.45) is 13.6. The fraction of sp³-hybridized carbons (Fsp3) is 0.609. The minimum atomic E-state index is -1.02. The lowest BCUT2D eigenvalue weighted by Gasteiger charge is -2.37. The second-order valence-electron chi connectivity index (χ2n) is 8.22. The maximum absolute atomic E-state index is 13.3. The molecule has 0 heterocycles. The van der Waals surface area contributed by atoms with Crippen LogP contribution in [0.5, 0.6) is 0 Å². The Kier molecular flexibility index (Phi) is 7.03. The summed E-state index contributed by atoms with van der Waals surface area (Å²) in [5, 5.41) is 0. The summed E-state index contributed by atoms with van der Waals surface area (Å²) in [6, 6.07) is 3.15. The van der Waals surface area contributed by atoms with Crippen LogP contribution in [0.15, 0.2) is 30.9 Å². The lowest BCUT2D eigenvalue weighted by Crippen LogP contribution is -2.29. The van der Waals surface area contributed by atoms with Crippen molar-refractivity contribution in [3.05, 3.63) is 48.1 Å². The number of carbonyl (C=O) groups excluding carboxylic acids is 1.